The van der Waals surface area contributed by atoms with Gasteiger partial charge in [0, 0.05) is 11.9 Å². The zero-order valence-electron chi connectivity index (χ0n) is 10.2. The molecule has 0 radical (unpaired) electrons. The van der Waals surface area contributed by atoms with E-state index in [-0.39, 0.29) is 11.6 Å². The van der Waals surface area contributed by atoms with Crippen molar-refractivity contribution < 1.29 is 9.18 Å². The van der Waals surface area contributed by atoms with E-state index in [2.05, 4.69) is 20.3 Å². The normalized spacial score (nSPS) is 10.7. The van der Waals surface area contributed by atoms with Crippen molar-refractivity contribution in [1.29, 1.82) is 0 Å². The minimum atomic E-state index is -0.525. The van der Waals surface area contributed by atoms with E-state index in [9.17, 15) is 9.18 Å². The minimum absolute atomic E-state index is 0.0239. The Bertz CT molecular complexity index is 798. The van der Waals surface area contributed by atoms with Gasteiger partial charge in [-0.3, -0.25) is 4.79 Å². The Morgan fingerprint density at radius 2 is 2.15 bits per heavy atom. The standard InChI is InChI=1S/C13H10FN5O/c14-9-2-1-7(5-10(9)15)19-13(20)8-3-4-16-12-11(8)17-6-18-12/h1-6H,15H2,(H,19,20)(H,16,17,18). The third-order valence-electron chi connectivity index (χ3n) is 2.83. The molecule has 7 heteroatoms. The zero-order chi connectivity index (χ0) is 14.1. The van der Waals surface area contributed by atoms with Crippen LogP contribution in [0.1, 0.15) is 10.4 Å². The van der Waals surface area contributed by atoms with Crippen LogP contribution < -0.4 is 11.1 Å². The number of benzene rings is 1. The number of nitrogen functional groups attached to an aromatic ring is 1. The summed E-state index contributed by atoms with van der Waals surface area (Å²) in [6, 6.07) is 5.57. The van der Waals surface area contributed by atoms with Gasteiger partial charge in [0.05, 0.1) is 23.1 Å². The summed E-state index contributed by atoms with van der Waals surface area (Å²) in [5, 5.41) is 2.65. The van der Waals surface area contributed by atoms with Crippen LogP contribution in [-0.4, -0.2) is 20.9 Å². The lowest BCUT2D eigenvalue weighted by molar-refractivity contribution is 0.102. The predicted molar refractivity (Wildman–Crippen MR) is 72.7 cm³/mol. The van der Waals surface area contributed by atoms with Crippen molar-refractivity contribution in [2.75, 3.05) is 11.1 Å². The Balaban J connectivity index is 1.93. The number of nitrogens with two attached hydrogens (primary N) is 1. The zero-order valence-corrected chi connectivity index (χ0v) is 10.2. The molecular weight excluding hydrogens is 261 g/mol. The van der Waals surface area contributed by atoms with E-state index in [0.29, 0.717) is 22.4 Å². The highest BCUT2D eigenvalue weighted by atomic mass is 19.1. The summed E-state index contributed by atoms with van der Waals surface area (Å²) < 4.78 is 13.1. The fraction of sp³-hybridized carbons (Fsp3) is 0. The largest absolute Gasteiger partial charge is 0.396 e. The molecule has 2 heterocycles. The number of anilines is 2. The van der Waals surface area contributed by atoms with Crippen LogP contribution in [0.4, 0.5) is 15.8 Å². The van der Waals surface area contributed by atoms with Crippen LogP contribution in [0.5, 0.6) is 0 Å². The molecule has 3 rings (SSSR count). The van der Waals surface area contributed by atoms with Crippen LogP contribution in [0, 0.1) is 5.82 Å². The summed E-state index contributed by atoms with van der Waals surface area (Å²) in [4.78, 5) is 23.1. The number of carbonyl (C=O) groups is 1. The maximum Gasteiger partial charge on any atom is 0.257 e. The molecule has 1 amide bonds. The molecule has 3 aromatic rings. The fourth-order valence-corrected chi connectivity index (χ4v) is 1.86. The maximum absolute atomic E-state index is 13.1. The van der Waals surface area contributed by atoms with E-state index in [1.54, 1.807) is 6.07 Å². The molecular formula is C13H10FN5O. The number of hydrogen-bond donors (Lipinski definition) is 3. The molecule has 100 valence electrons. The lowest BCUT2D eigenvalue weighted by atomic mass is 10.2. The first kappa shape index (κ1) is 12.1. The summed E-state index contributed by atoms with van der Waals surface area (Å²) in [6.45, 7) is 0. The van der Waals surface area contributed by atoms with Gasteiger partial charge in [-0.05, 0) is 24.3 Å². The van der Waals surface area contributed by atoms with Gasteiger partial charge in [-0.2, -0.15) is 0 Å². The number of hydrogen-bond acceptors (Lipinski definition) is 4. The number of pyridine rings is 1. The van der Waals surface area contributed by atoms with Gasteiger partial charge in [-0.25, -0.2) is 14.4 Å². The van der Waals surface area contributed by atoms with E-state index >= 15 is 0 Å². The van der Waals surface area contributed by atoms with Crippen LogP contribution in [-0.2, 0) is 0 Å². The van der Waals surface area contributed by atoms with Crippen LogP contribution in [0.15, 0.2) is 36.8 Å². The van der Waals surface area contributed by atoms with Crippen LogP contribution >= 0.6 is 0 Å². The average Bonchev–Trinajstić information content (AvgIpc) is 2.91. The van der Waals surface area contributed by atoms with Gasteiger partial charge >= 0.3 is 0 Å². The Morgan fingerprint density at radius 3 is 2.95 bits per heavy atom. The first-order valence-corrected chi connectivity index (χ1v) is 5.79. The van der Waals surface area contributed by atoms with Gasteiger partial charge in [0.25, 0.3) is 5.91 Å². The average molecular weight is 271 g/mol. The molecule has 4 N–H and O–H groups in total. The number of rotatable bonds is 2. The molecule has 1 aromatic carbocycles. The quantitative estimate of drug-likeness (QED) is 0.620. The second kappa shape index (κ2) is 4.61. The second-order valence-corrected chi connectivity index (χ2v) is 4.15. The lowest BCUT2D eigenvalue weighted by Gasteiger charge is -2.07. The number of fused-ring (bicyclic) bond motifs is 1. The summed E-state index contributed by atoms with van der Waals surface area (Å²) in [7, 11) is 0. The van der Waals surface area contributed by atoms with Gasteiger partial charge in [-0.1, -0.05) is 0 Å². The number of nitrogens with zero attached hydrogens (tertiary/aromatic N) is 2. The van der Waals surface area contributed by atoms with E-state index in [1.807, 2.05) is 0 Å². The van der Waals surface area contributed by atoms with Crippen molar-refractivity contribution in [3.8, 4) is 0 Å². The second-order valence-electron chi connectivity index (χ2n) is 4.15. The van der Waals surface area contributed by atoms with Gasteiger partial charge < -0.3 is 16.0 Å². The number of nitrogens with one attached hydrogen (secondary N) is 2. The van der Waals surface area contributed by atoms with Crippen LogP contribution in [0.2, 0.25) is 0 Å². The van der Waals surface area contributed by atoms with Crippen molar-refractivity contribution in [2.24, 2.45) is 0 Å². The molecule has 0 bridgehead atoms. The molecule has 0 spiro atoms. The smallest absolute Gasteiger partial charge is 0.257 e. The number of H-pyrrole nitrogens is 1. The number of aromatic amines is 1. The Hall–Kier alpha value is -2.96. The van der Waals surface area contributed by atoms with Gasteiger partial charge in [-0.15, -0.1) is 0 Å². The number of halogens is 1. The Labute approximate surface area is 112 Å². The third kappa shape index (κ3) is 2.05. The molecule has 0 fully saturated rings. The van der Waals surface area contributed by atoms with Crippen molar-refractivity contribution in [2.45, 2.75) is 0 Å². The molecule has 0 saturated carbocycles. The highest BCUT2D eigenvalue weighted by Gasteiger charge is 2.12. The molecule has 2 aromatic heterocycles. The fourth-order valence-electron chi connectivity index (χ4n) is 1.86. The number of imidazole rings is 1. The summed E-state index contributed by atoms with van der Waals surface area (Å²) in [6.07, 6.45) is 2.96. The van der Waals surface area contributed by atoms with Crippen molar-refractivity contribution in [1.82, 2.24) is 15.0 Å². The molecule has 20 heavy (non-hydrogen) atoms. The Kier molecular flexibility index (Phi) is 2.79. The summed E-state index contributed by atoms with van der Waals surface area (Å²) in [5.41, 5.74) is 7.24. The van der Waals surface area contributed by atoms with E-state index in [4.69, 9.17) is 5.73 Å². The first-order valence-electron chi connectivity index (χ1n) is 5.79. The van der Waals surface area contributed by atoms with Crippen molar-refractivity contribution in [3.05, 3.63) is 48.2 Å². The van der Waals surface area contributed by atoms with Crippen molar-refractivity contribution >= 4 is 28.4 Å². The maximum atomic E-state index is 13.1. The topological polar surface area (TPSA) is 96.7 Å². The third-order valence-corrected chi connectivity index (χ3v) is 2.83. The molecule has 0 aliphatic rings. The lowest BCUT2D eigenvalue weighted by Crippen LogP contribution is -2.13. The summed E-state index contributed by atoms with van der Waals surface area (Å²) in [5.74, 6) is -0.879. The van der Waals surface area contributed by atoms with Gasteiger partial charge in [0.15, 0.2) is 5.65 Å². The van der Waals surface area contributed by atoms with Gasteiger partial charge in [0.2, 0.25) is 0 Å². The highest BCUT2D eigenvalue weighted by molar-refractivity contribution is 6.10. The molecule has 0 atom stereocenters. The molecule has 0 saturated heterocycles. The number of aromatic nitrogens is 3. The summed E-state index contributed by atoms with van der Waals surface area (Å²) >= 11 is 0. The first-order chi connectivity index (χ1) is 9.65. The van der Waals surface area contributed by atoms with E-state index in [1.165, 1.54) is 30.7 Å². The van der Waals surface area contributed by atoms with Crippen LogP contribution in [0.25, 0.3) is 11.2 Å². The predicted octanol–water partition coefficient (Wildman–Crippen LogP) is 1.93. The monoisotopic (exact) mass is 271 g/mol. The Morgan fingerprint density at radius 1 is 1.30 bits per heavy atom. The molecule has 6 nitrogen and oxygen atoms in total. The van der Waals surface area contributed by atoms with E-state index < -0.39 is 5.82 Å². The van der Waals surface area contributed by atoms with Crippen molar-refractivity contribution in [3.63, 3.8) is 0 Å². The SMILES string of the molecule is Nc1cc(NC(=O)c2ccnc3nc[nH]c23)ccc1F. The van der Waals surface area contributed by atoms with E-state index in [0.717, 1.165) is 0 Å². The number of amides is 1. The van der Waals surface area contributed by atoms with Gasteiger partial charge in [0.1, 0.15) is 5.82 Å². The molecule has 0 aliphatic carbocycles. The molecule has 0 aliphatic heterocycles. The highest BCUT2D eigenvalue weighted by Crippen LogP contribution is 2.18. The van der Waals surface area contributed by atoms with Crippen LogP contribution in [0.3, 0.4) is 0 Å². The number of carbonyl (C=O) groups excluding carboxylic acids is 1. The minimum Gasteiger partial charge on any atom is -0.396 e. The molecule has 0 unspecified atom stereocenters.